The average Bonchev–Trinajstić information content (AvgIpc) is 2.43. The summed E-state index contributed by atoms with van der Waals surface area (Å²) < 4.78 is 44.2. The van der Waals surface area contributed by atoms with Crippen LogP contribution < -0.4 is 4.90 Å². The second kappa shape index (κ2) is 6.51. The summed E-state index contributed by atoms with van der Waals surface area (Å²) in [6.45, 7) is -0.0994. The Morgan fingerprint density at radius 2 is 2.10 bits per heavy atom. The van der Waals surface area contributed by atoms with E-state index in [0.29, 0.717) is 5.52 Å². The molecule has 20 heavy (non-hydrogen) atoms. The molecule has 2 rings (SSSR count). The van der Waals surface area contributed by atoms with E-state index in [1.54, 1.807) is 6.07 Å². The minimum absolute atomic E-state index is 0.145. The van der Waals surface area contributed by atoms with Gasteiger partial charge in [-0.25, -0.2) is 23.1 Å². The van der Waals surface area contributed by atoms with Gasteiger partial charge in [-0.05, 0) is 12.1 Å². The van der Waals surface area contributed by atoms with Crippen LogP contribution in [0.5, 0.6) is 0 Å². The van der Waals surface area contributed by atoms with Gasteiger partial charge in [0.1, 0.15) is 18.0 Å². The van der Waals surface area contributed by atoms with Crippen molar-refractivity contribution >= 4 is 16.7 Å². The Kier molecular flexibility index (Phi) is 4.73. The van der Waals surface area contributed by atoms with Gasteiger partial charge in [0.05, 0.1) is 24.1 Å². The highest BCUT2D eigenvalue weighted by Crippen LogP contribution is 2.25. The molecule has 0 unspecified atom stereocenters. The Bertz CT molecular complexity index is 575. The van der Waals surface area contributed by atoms with E-state index in [-0.39, 0.29) is 24.4 Å². The first-order valence-electron chi connectivity index (χ1n) is 6.04. The van der Waals surface area contributed by atoms with Crippen molar-refractivity contribution < 1.29 is 17.9 Å². The van der Waals surface area contributed by atoms with E-state index >= 15 is 0 Å². The lowest BCUT2D eigenvalue weighted by Gasteiger charge is -2.24. The molecular weight excluding hydrogens is 271 g/mol. The highest BCUT2D eigenvalue weighted by Gasteiger charge is 2.18. The smallest absolute Gasteiger partial charge is 0.255 e. The van der Waals surface area contributed by atoms with Crippen LogP contribution >= 0.6 is 0 Å². The summed E-state index contributed by atoms with van der Waals surface area (Å²) in [4.78, 5) is 9.21. The lowest BCUT2D eigenvalue weighted by Crippen LogP contribution is -2.33. The van der Waals surface area contributed by atoms with Crippen LogP contribution in [0.2, 0.25) is 0 Å². The molecule has 0 radical (unpaired) electrons. The molecule has 2 aromatic rings. The van der Waals surface area contributed by atoms with Crippen LogP contribution in [0.1, 0.15) is 0 Å². The summed E-state index contributed by atoms with van der Waals surface area (Å²) in [5.41, 5.74) is 0.381. The maximum absolute atomic E-state index is 13.9. The van der Waals surface area contributed by atoms with E-state index in [2.05, 4.69) is 9.97 Å². The van der Waals surface area contributed by atoms with Crippen LogP contribution in [-0.2, 0) is 4.74 Å². The standard InChI is InChI=1S/C13H14F3N3O/c1-20-6-5-19(7-11(15)16)13-12-9(14)3-2-4-10(12)17-8-18-13/h2-4,8,11H,5-7H2,1H3. The number of rotatable bonds is 6. The van der Waals surface area contributed by atoms with Crippen molar-refractivity contribution in [2.75, 3.05) is 31.7 Å². The van der Waals surface area contributed by atoms with E-state index in [0.717, 1.165) is 0 Å². The lowest BCUT2D eigenvalue weighted by atomic mass is 10.2. The number of aromatic nitrogens is 2. The highest BCUT2D eigenvalue weighted by atomic mass is 19.3. The van der Waals surface area contributed by atoms with Gasteiger partial charge in [-0.1, -0.05) is 6.07 Å². The van der Waals surface area contributed by atoms with Gasteiger partial charge in [0.25, 0.3) is 6.43 Å². The van der Waals surface area contributed by atoms with Crippen molar-refractivity contribution in [3.05, 3.63) is 30.3 Å². The predicted molar refractivity (Wildman–Crippen MR) is 69.6 cm³/mol. The van der Waals surface area contributed by atoms with Crippen molar-refractivity contribution in [2.45, 2.75) is 6.43 Å². The number of anilines is 1. The summed E-state index contributed by atoms with van der Waals surface area (Å²) in [6, 6.07) is 4.38. The number of ether oxygens (including phenoxy) is 1. The quantitative estimate of drug-likeness (QED) is 0.817. The van der Waals surface area contributed by atoms with Gasteiger partial charge in [0.15, 0.2) is 0 Å². The van der Waals surface area contributed by atoms with E-state index in [4.69, 9.17) is 4.74 Å². The lowest BCUT2D eigenvalue weighted by molar-refractivity contribution is 0.149. The summed E-state index contributed by atoms with van der Waals surface area (Å²) in [5.74, 6) is -0.375. The molecule has 0 aliphatic heterocycles. The molecular formula is C13H14F3N3O. The van der Waals surface area contributed by atoms with Gasteiger partial charge in [-0.2, -0.15) is 0 Å². The van der Waals surface area contributed by atoms with Crippen molar-refractivity contribution in [3.63, 3.8) is 0 Å². The van der Waals surface area contributed by atoms with Gasteiger partial charge in [0.2, 0.25) is 0 Å². The molecule has 7 heteroatoms. The molecule has 4 nitrogen and oxygen atoms in total. The van der Waals surface area contributed by atoms with Crippen molar-refractivity contribution in [3.8, 4) is 0 Å². The molecule has 1 heterocycles. The molecule has 108 valence electrons. The third kappa shape index (κ3) is 3.16. The summed E-state index contributed by atoms with van der Waals surface area (Å²) in [6.07, 6.45) is -1.31. The summed E-state index contributed by atoms with van der Waals surface area (Å²) in [5, 5.41) is 0.145. The molecule has 1 aromatic heterocycles. The number of hydrogen-bond donors (Lipinski definition) is 0. The molecule has 1 aromatic carbocycles. The number of benzene rings is 1. The largest absolute Gasteiger partial charge is 0.383 e. The average molecular weight is 285 g/mol. The molecule has 0 bridgehead atoms. The normalized spacial score (nSPS) is 11.2. The number of halogens is 3. The maximum atomic E-state index is 13.9. The minimum atomic E-state index is -2.55. The van der Waals surface area contributed by atoms with Crippen molar-refractivity contribution in [1.82, 2.24) is 9.97 Å². The molecule has 0 aliphatic carbocycles. The number of hydrogen-bond acceptors (Lipinski definition) is 4. The molecule has 0 saturated heterocycles. The Labute approximate surface area is 114 Å². The Morgan fingerprint density at radius 3 is 2.80 bits per heavy atom. The molecule has 0 amide bonds. The predicted octanol–water partition coefficient (Wildman–Crippen LogP) is 2.49. The summed E-state index contributed by atoms with van der Waals surface area (Å²) >= 11 is 0. The fourth-order valence-electron chi connectivity index (χ4n) is 1.94. The maximum Gasteiger partial charge on any atom is 0.255 e. The van der Waals surface area contributed by atoms with Gasteiger partial charge in [0, 0.05) is 13.7 Å². The third-order valence-corrected chi connectivity index (χ3v) is 2.82. The van der Waals surface area contributed by atoms with Crippen molar-refractivity contribution in [2.24, 2.45) is 0 Å². The Hall–Kier alpha value is -1.89. The molecule has 0 atom stereocenters. The number of fused-ring (bicyclic) bond motifs is 1. The van der Waals surface area contributed by atoms with E-state index in [1.165, 1.54) is 30.5 Å². The van der Waals surface area contributed by atoms with E-state index in [1.807, 2.05) is 0 Å². The zero-order valence-corrected chi connectivity index (χ0v) is 10.9. The molecule has 0 spiro atoms. The molecule has 0 N–H and O–H groups in total. The zero-order chi connectivity index (χ0) is 14.5. The fourth-order valence-corrected chi connectivity index (χ4v) is 1.94. The van der Waals surface area contributed by atoms with Crippen LogP contribution in [0.3, 0.4) is 0 Å². The third-order valence-electron chi connectivity index (χ3n) is 2.82. The van der Waals surface area contributed by atoms with Gasteiger partial charge in [-0.3, -0.25) is 0 Å². The van der Waals surface area contributed by atoms with E-state index in [9.17, 15) is 13.2 Å². The second-order valence-electron chi connectivity index (χ2n) is 4.16. The zero-order valence-electron chi connectivity index (χ0n) is 10.9. The topological polar surface area (TPSA) is 38.2 Å². The number of alkyl halides is 2. The van der Waals surface area contributed by atoms with E-state index < -0.39 is 18.8 Å². The monoisotopic (exact) mass is 285 g/mol. The molecule has 0 saturated carbocycles. The van der Waals surface area contributed by atoms with Gasteiger partial charge in [-0.15, -0.1) is 0 Å². The van der Waals surface area contributed by atoms with Crippen LogP contribution in [-0.4, -0.2) is 43.2 Å². The van der Waals surface area contributed by atoms with Crippen LogP contribution in [0.25, 0.3) is 10.9 Å². The first kappa shape index (κ1) is 14.5. The van der Waals surface area contributed by atoms with Crippen LogP contribution in [0.15, 0.2) is 24.5 Å². The second-order valence-corrected chi connectivity index (χ2v) is 4.16. The fraction of sp³-hybridized carbons (Fsp3) is 0.385. The highest BCUT2D eigenvalue weighted by molar-refractivity contribution is 5.89. The van der Waals surface area contributed by atoms with Crippen LogP contribution in [0, 0.1) is 5.82 Å². The summed E-state index contributed by atoms with van der Waals surface area (Å²) in [7, 11) is 1.47. The molecule has 0 aliphatic rings. The number of nitrogens with zero attached hydrogens (tertiary/aromatic N) is 3. The number of methoxy groups -OCH3 is 1. The first-order chi connectivity index (χ1) is 9.63. The van der Waals surface area contributed by atoms with Gasteiger partial charge < -0.3 is 9.64 Å². The minimum Gasteiger partial charge on any atom is -0.383 e. The van der Waals surface area contributed by atoms with Crippen molar-refractivity contribution in [1.29, 1.82) is 0 Å². The Morgan fingerprint density at radius 1 is 1.30 bits per heavy atom. The van der Waals surface area contributed by atoms with Crippen LogP contribution in [0.4, 0.5) is 19.0 Å². The SMILES string of the molecule is COCCN(CC(F)F)c1ncnc2cccc(F)c12. The Balaban J connectivity index is 2.46. The first-order valence-corrected chi connectivity index (χ1v) is 6.04. The van der Waals surface area contributed by atoms with Gasteiger partial charge >= 0.3 is 0 Å². The molecule has 0 fully saturated rings.